The largest absolute Gasteiger partial charge is 0.497 e. The van der Waals surface area contributed by atoms with Gasteiger partial charge in [0, 0.05) is 10.0 Å². The van der Waals surface area contributed by atoms with Crippen molar-refractivity contribution in [2.24, 2.45) is 5.73 Å². The zero-order valence-electron chi connectivity index (χ0n) is 10.5. The smallest absolute Gasteiger partial charge is 0.119 e. The first-order valence-electron chi connectivity index (χ1n) is 5.61. The van der Waals surface area contributed by atoms with Crippen molar-refractivity contribution in [1.82, 2.24) is 0 Å². The summed E-state index contributed by atoms with van der Waals surface area (Å²) >= 11 is 3.47. The van der Waals surface area contributed by atoms with E-state index in [4.69, 9.17) is 10.5 Å². The maximum atomic E-state index is 9.98. The minimum atomic E-state index is -0.446. The fourth-order valence-corrected chi connectivity index (χ4v) is 2.18. The topological polar surface area (TPSA) is 55.5 Å². The Bertz CT molecular complexity index is 374. The van der Waals surface area contributed by atoms with E-state index in [0.29, 0.717) is 12.8 Å². The Labute approximate surface area is 111 Å². The molecule has 0 aliphatic heterocycles. The average Bonchev–Trinajstić information content (AvgIpc) is 2.18. The van der Waals surface area contributed by atoms with Crippen molar-refractivity contribution in [3.63, 3.8) is 0 Å². The third-order valence-electron chi connectivity index (χ3n) is 2.47. The summed E-state index contributed by atoms with van der Waals surface area (Å²) in [6, 6.07) is 5.73. The van der Waals surface area contributed by atoms with Gasteiger partial charge in [-0.25, -0.2) is 0 Å². The molecule has 1 aromatic carbocycles. The Morgan fingerprint density at radius 3 is 2.65 bits per heavy atom. The van der Waals surface area contributed by atoms with Crippen molar-refractivity contribution >= 4 is 15.9 Å². The van der Waals surface area contributed by atoms with Crippen LogP contribution in [-0.4, -0.2) is 23.9 Å². The second-order valence-corrected chi connectivity index (χ2v) is 5.86. The molecule has 3 nitrogen and oxygen atoms in total. The van der Waals surface area contributed by atoms with Crippen LogP contribution in [0, 0.1) is 0 Å². The number of halogens is 1. The van der Waals surface area contributed by atoms with Gasteiger partial charge in [-0.1, -0.05) is 15.9 Å². The van der Waals surface area contributed by atoms with Gasteiger partial charge in [-0.3, -0.25) is 0 Å². The van der Waals surface area contributed by atoms with Gasteiger partial charge in [-0.15, -0.1) is 0 Å². The third kappa shape index (κ3) is 5.06. The molecule has 0 aliphatic rings. The molecule has 1 unspecified atom stereocenters. The van der Waals surface area contributed by atoms with Gasteiger partial charge in [0.05, 0.1) is 13.2 Å². The quantitative estimate of drug-likeness (QED) is 0.878. The first kappa shape index (κ1) is 14.5. The second-order valence-electron chi connectivity index (χ2n) is 5.01. The number of aliphatic hydroxyl groups excluding tert-OH is 1. The van der Waals surface area contributed by atoms with E-state index < -0.39 is 6.10 Å². The molecule has 0 aliphatic carbocycles. The van der Waals surface area contributed by atoms with Gasteiger partial charge in [0.15, 0.2) is 0 Å². The Morgan fingerprint density at radius 1 is 1.47 bits per heavy atom. The normalized spacial score (nSPS) is 13.5. The first-order chi connectivity index (χ1) is 7.81. The lowest BCUT2D eigenvalue weighted by molar-refractivity contribution is 0.140. The van der Waals surface area contributed by atoms with Crippen molar-refractivity contribution in [3.05, 3.63) is 28.2 Å². The summed E-state index contributed by atoms with van der Waals surface area (Å²) in [5, 5.41) is 9.98. The summed E-state index contributed by atoms with van der Waals surface area (Å²) in [4.78, 5) is 0. The van der Waals surface area contributed by atoms with E-state index in [9.17, 15) is 5.11 Å². The number of hydrogen-bond donors (Lipinski definition) is 2. The van der Waals surface area contributed by atoms with Gasteiger partial charge < -0.3 is 15.6 Å². The lowest BCUT2D eigenvalue weighted by Gasteiger charge is -2.22. The molecule has 0 saturated carbocycles. The molecule has 1 atom stereocenters. The maximum Gasteiger partial charge on any atom is 0.119 e. The van der Waals surface area contributed by atoms with Crippen LogP contribution in [0.4, 0.5) is 0 Å². The lowest BCUT2D eigenvalue weighted by Crippen LogP contribution is -2.36. The van der Waals surface area contributed by atoms with Crippen molar-refractivity contribution in [3.8, 4) is 5.75 Å². The highest BCUT2D eigenvalue weighted by molar-refractivity contribution is 9.10. The molecule has 0 spiro atoms. The molecule has 96 valence electrons. The van der Waals surface area contributed by atoms with Gasteiger partial charge in [0.25, 0.3) is 0 Å². The van der Waals surface area contributed by atoms with Crippen LogP contribution in [0.1, 0.15) is 25.8 Å². The van der Waals surface area contributed by atoms with Crippen molar-refractivity contribution < 1.29 is 9.84 Å². The highest BCUT2D eigenvalue weighted by Crippen LogP contribution is 2.24. The van der Waals surface area contributed by atoms with E-state index in [1.165, 1.54) is 0 Å². The Morgan fingerprint density at radius 2 is 2.12 bits per heavy atom. The summed E-state index contributed by atoms with van der Waals surface area (Å²) in [5.41, 5.74) is 6.56. The average molecular weight is 302 g/mol. The molecule has 0 amide bonds. The molecule has 0 heterocycles. The van der Waals surface area contributed by atoms with E-state index in [0.717, 1.165) is 15.8 Å². The van der Waals surface area contributed by atoms with E-state index in [-0.39, 0.29) is 5.54 Å². The molecule has 0 radical (unpaired) electrons. The third-order valence-corrected chi connectivity index (χ3v) is 3.24. The first-order valence-corrected chi connectivity index (χ1v) is 6.40. The number of ether oxygens (including phenoxy) is 1. The van der Waals surface area contributed by atoms with Crippen LogP contribution in [0.3, 0.4) is 0 Å². The minimum Gasteiger partial charge on any atom is -0.497 e. The summed E-state index contributed by atoms with van der Waals surface area (Å²) in [6.45, 7) is 3.83. The molecular formula is C13H20BrNO2. The molecule has 1 aromatic rings. The number of hydrogen-bond acceptors (Lipinski definition) is 3. The van der Waals surface area contributed by atoms with Crippen LogP contribution in [0.15, 0.2) is 22.7 Å². The molecule has 1 rings (SSSR count). The van der Waals surface area contributed by atoms with Crippen LogP contribution >= 0.6 is 15.9 Å². The van der Waals surface area contributed by atoms with Crippen LogP contribution in [-0.2, 0) is 6.42 Å². The standard InChI is InChI=1S/C13H20BrNO2/c1-13(2,15)8-10(16)6-9-7-11(17-3)4-5-12(9)14/h4-5,7,10,16H,6,8,15H2,1-3H3. The van der Waals surface area contributed by atoms with Crippen LogP contribution < -0.4 is 10.5 Å². The predicted molar refractivity (Wildman–Crippen MR) is 73.3 cm³/mol. The Hall–Kier alpha value is -0.580. The van der Waals surface area contributed by atoms with Gasteiger partial charge in [0.1, 0.15) is 5.75 Å². The minimum absolute atomic E-state index is 0.356. The van der Waals surface area contributed by atoms with E-state index >= 15 is 0 Å². The number of aliphatic hydroxyl groups is 1. The molecule has 0 bridgehead atoms. The van der Waals surface area contributed by atoms with E-state index in [1.807, 2.05) is 32.0 Å². The van der Waals surface area contributed by atoms with Crippen LogP contribution in [0.25, 0.3) is 0 Å². The fourth-order valence-electron chi connectivity index (χ4n) is 1.77. The predicted octanol–water partition coefficient (Wildman–Crippen LogP) is 2.49. The second kappa shape index (κ2) is 5.85. The molecule has 0 aromatic heterocycles. The number of rotatable bonds is 5. The van der Waals surface area contributed by atoms with Crippen molar-refractivity contribution in [1.29, 1.82) is 0 Å². The van der Waals surface area contributed by atoms with Gasteiger partial charge in [-0.2, -0.15) is 0 Å². The Kier molecular flexibility index (Phi) is 4.98. The van der Waals surface area contributed by atoms with E-state index in [1.54, 1.807) is 7.11 Å². The van der Waals surface area contributed by atoms with E-state index in [2.05, 4.69) is 15.9 Å². The monoisotopic (exact) mass is 301 g/mol. The summed E-state index contributed by atoms with van der Waals surface area (Å²) < 4.78 is 6.14. The van der Waals surface area contributed by atoms with Gasteiger partial charge in [-0.05, 0) is 50.5 Å². The molecule has 4 heteroatoms. The summed E-state index contributed by atoms with van der Waals surface area (Å²) in [5.74, 6) is 0.794. The van der Waals surface area contributed by atoms with Crippen LogP contribution in [0.5, 0.6) is 5.75 Å². The Balaban J connectivity index is 2.73. The molecule has 17 heavy (non-hydrogen) atoms. The molecular weight excluding hydrogens is 282 g/mol. The molecule has 0 saturated heterocycles. The highest BCUT2D eigenvalue weighted by atomic mass is 79.9. The maximum absolute atomic E-state index is 9.98. The summed E-state index contributed by atoms with van der Waals surface area (Å²) in [6.07, 6.45) is 0.688. The fraction of sp³-hybridized carbons (Fsp3) is 0.538. The molecule has 0 fully saturated rings. The SMILES string of the molecule is COc1ccc(Br)c(CC(O)CC(C)(C)N)c1. The molecule has 3 N–H and O–H groups in total. The number of methoxy groups -OCH3 is 1. The lowest BCUT2D eigenvalue weighted by atomic mass is 9.94. The highest BCUT2D eigenvalue weighted by Gasteiger charge is 2.18. The zero-order valence-corrected chi connectivity index (χ0v) is 12.1. The van der Waals surface area contributed by atoms with Crippen molar-refractivity contribution in [2.45, 2.75) is 38.3 Å². The van der Waals surface area contributed by atoms with Gasteiger partial charge in [0.2, 0.25) is 0 Å². The number of benzene rings is 1. The van der Waals surface area contributed by atoms with Crippen LogP contribution in [0.2, 0.25) is 0 Å². The van der Waals surface area contributed by atoms with Crippen molar-refractivity contribution in [2.75, 3.05) is 7.11 Å². The van der Waals surface area contributed by atoms with Gasteiger partial charge >= 0.3 is 0 Å². The summed E-state index contributed by atoms with van der Waals surface area (Å²) in [7, 11) is 1.63. The zero-order chi connectivity index (χ0) is 13.1. The number of nitrogens with two attached hydrogens (primary N) is 1.